The molecule has 6 heterocycles. The van der Waals surface area contributed by atoms with Gasteiger partial charge in [0.1, 0.15) is 11.4 Å². The summed E-state index contributed by atoms with van der Waals surface area (Å²) in [5.41, 5.74) is 11.7. The number of pyridine rings is 2. The number of nitrogens with zero attached hydrogens (tertiary/aromatic N) is 6. The fourth-order valence-electron chi connectivity index (χ4n) is 9.55. The first kappa shape index (κ1) is 43.9. The third kappa shape index (κ3) is 7.98. The zero-order valence-electron chi connectivity index (χ0n) is 38.2. The molecule has 0 atom stereocenters. The number of benzene rings is 6. The Balaban J connectivity index is 0.000000154. The van der Waals surface area contributed by atoms with E-state index in [0.717, 1.165) is 55.2 Å². The lowest BCUT2D eigenvalue weighted by atomic mass is 9.89. The minimum atomic E-state index is -1.12. The molecule has 12 nitrogen and oxygen atoms in total. The van der Waals surface area contributed by atoms with E-state index < -0.39 is 11.9 Å². The Kier molecular flexibility index (Phi) is 11.4. The summed E-state index contributed by atoms with van der Waals surface area (Å²) in [6.45, 7) is 0. The second kappa shape index (κ2) is 18.4. The number of carbonyl (C=O) groups excluding carboxylic acids is 3. The predicted octanol–water partition coefficient (Wildman–Crippen LogP) is 10.7. The van der Waals surface area contributed by atoms with E-state index in [0.29, 0.717) is 45.0 Å². The molecule has 0 spiro atoms. The van der Waals surface area contributed by atoms with Crippen molar-refractivity contribution >= 4 is 56.6 Å². The topological polar surface area (TPSA) is 162 Å². The molecule has 10 aromatic rings. The van der Waals surface area contributed by atoms with Crippen molar-refractivity contribution in [2.75, 3.05) is 7.05 Å². The van der Waals surface area contributed by atoms with Crippen molar-refractivity contribution < 1.29 is 24.3 Å². The van der Waals surface area contributed by atoms with Crippen molar-refractivity contribution in [2.24, 2.45) is 0 Å². The first-order valence-electron chi connectivity index (χ1n) is 22.9. The molecule has 2 aliphatic rings. The minimum absolute atomic E-state index is 0.0578. The van der Waals surface area contributed by atoms with Crippen LogP contribution in [-0.2, 0) is 22.4 Å². The third-order valence-corrected chi connectivity index (χ3v) is 12.8. The van der Waals surface area contributed by atoms with Crippen LogP contribution in [-0.4, -0.2) is 65.4 Å². The van der Waals surface area contributed by atoms with E-state index in [9.17, 15) is 24.3 Å². The smallest absolute Gasteiger partial charge is 0.332 e. The summed E-state index contributed by atoms with van der Waals surface area (Å²) in [4.78, 5) is 62.2. The van der Waals surface area contributed by atoms with Crippen LogP contribution in [0.5, 0.6) is 0 Å². The number of nitrogens with one attached hydrogen (secondary N) is 1. The quantitative estimate of drug-likeness (QED) is 0.151. The van der Waals surface area contributed by atoms with E-state index in [-0.39, 0.29) is 35.8 Å². The zero-order valence-corrected chi connectivity index (χ0v) is 38.2. The molecule has 0 radical (unpaired) electrons. The molecular weight excluding hydrogens is 887 g/mol. The number of aromatic nitrogens is 6. The second-order valence-corrected chi connectivity index (χ2v) is 17.0. The molecule has 12 heteroatoms. The van der Waals surface area contributed by atoms with E-state index in [2.05, 4.69) is 15.3 Å². The van der Waals surface area contributed by atoms with Gasteiger partial charge in [0.25, 0.3) is 11.8 Å². The van der Waals surface area contributed by atoms with Crippen molar-refractivity contribution in [2.45, 2.75) is 12.8 Å². The highest BCUT2D eigenvalue weighted by atomic mass is 16.4. The van der Waals surface area contributed by atoms with Crippen LogP contribution in [0.3, 0.4) is 0 Å². The molecule has 0 bridgehead atoms. The fourth-order valence-corrected chi connectivity index (χ4v) is 9.55. The van der Waals surface area contributed by atoms with Gasteiger partial charge in [0, 0.05) is 70.9 Å². The molecule has 1 amide bonds. The average molecular weight is 928 g/mol. The standard InChI is InChI=1S/C30H22N4O2.C29H19N3O3/c1-31-29(35)23-18-25-27(19-9-4-2-5-10-19)28(20-11-6-3-7-12-20)33-34(25)30(36)26(23)22-14-15-24-21(17-22)13-8-16-32-24;33-28-25(21-13-14-23-20(16-21)12-7-15-30-23)22(29(34)35)17-24-26(18-8-3-1-4-9-18)27(31-32(24)28)19-10-5-2-6-11-19/h2-17H,18H2,1H3,(H,31,35);1-16H,17H2,(H,34,35). The van der Waals surface area contributed by atoms with Crippen LogP contribution in [0.1, 0.15) is 32.1 Å². The van der Waals surface area contributed by atoms with Crippen molar-refractivity contribution in [1.29, 1.82) is 0 Å². The molecule has 342 valence electrons. The van der Waals surface area contributed by atoms with Gasteiger partial charge in [-0.15, -0.1) is 0 Å². The average Bonchev–Trinajstić information content (AvgIpc) is 4.02. The molecule has 2 N–H and O–H groups in total. The first-order valence-corrected chi connectivity index (χ1v) is 22.9. The molecule has 71 heavy (non-hydrogen) atoms. The minimum Gasteiger partial charge on any atom is -0.478 e. The maximum Gasteiger partial charge on any atom is 0.332 e. The van der Waals surface area contributed by atoms with Crippen LogP contribution in [0.25, 0.3) is 77.7 Å². The van der Waals surface area contributed by atoms with Gasteiger partial charge in [-0.25, -0.2) is 4.79 Å². The van der Waals surface area contributed by atoms with Crippen LogP contribution in [0, 0.1) is 0 Å². The number of carboxylic acids is 1. The Hall–Kier alpha value is -9.68. The van der Waals surface area contributed by atoms with Crippen molar-refractivity contribution in [3.05, 3.63) is 228 Å². The summed E-state index contributed by atoms with van der Waals surface area (Å²) in [5.74, 6) is -2.17. The van der Waals surface area contributed by atoms with Gasteiger partial charge < -0.3 is 10.4 Å². The summed E-state index contributed by atoms with van der Waals surface area (Å²) in [5, 5.41) is 24.2. The largest absolute Gasteiger partial charge is 0.478 e. The Bertz CT molecular complexity index is 3820. The number of carboxylic acid groups (broad SMARTS) is 1. The van der Waals surface area contributed by atoms with Crippen LogP contribution >= 0.6 is 0 Å². The lowest BCUT2D eigenvalue weighted by molar-refractivity contribution is -0.132. The Morgan fingerprint density at radius 2 is 0.873 bits per heavy atom. The maximum atomic E-state index is 14.1. The lowest BCUT2D eigenvalue weighted by Gasteiger charge is -2.21. The van der Waals surface area contributed by atoms with Gasteiger partial charge in [0.15, 0.2) is 0 Å². The van der Waals surface area contributed by atoms with Crippen LogP contribution < -0.4 is 5.32 Å². The van der Waals surface area contributed by atoms with Gasteiger partial charge in [-0.3, -0.25) is 24.4 Å². The highest BCUT2D eigenvalue weighted by molar-refractivity contribution is 6.29. The normalized spacial score (nSPS) is 13.1. The van der Waals surface area contributed by atoms with E-state index in [1.807, 2.05) is 170 Å². The fraction of sp³-hybridized carbons (Fsp3) is 0.0508. The molecule has 2 aliphatic heterocycles. The molecule has 0 saturated heterocycles. The van der Waals surface area contributed by atoms with E-state index >= 15 is 0 Å². The number of aliphatic carboxylic acids is 1. The molecule has 0 fully saturated rings. The van der Waals surface area contributed by atoms with Crippen molar-refractivity contribution in [3.8, 4) is 44.8 Å². The summed E-state index contributed by atoms with van der Waals surface area (Å²) in [6.07, 6.45) is 3.78. The van der Waals surface area contributed by atoms with Crippen molar-refractivity contribution in [3.63, 3.8) is 0 Å². The van der Waals surface area contributed by atoms with E-state index in [1.165, 1.54) is 9.36 Å². The summed E-state index contributed by atoms with van der Waals surface area (Å²) >= 11 is 0. The Morgan fingerprint density at radius 1 is 0.479 bits per heavy atom. The van der Waals surface area contributed by atoms with Gasteiger partial charge >= 0.3 is 5.97 Å². The predicted molar refractivity (Wildman–Crippen MR) is 274 cm³/mol. The highest BCUT2D eigenvalue weighted by Crippen LogP contribution is 2.42. The second-order valence-electron chi connectivity index (χ2n) is 17.0. The van der Waals surface area contributed by atoms with E-state index in [1.54, 1.807) is 31.6 Å². The van der Waals surface area contributed by atoms with Gasteiger partial charge in [0.05, 0.1) is 39.1 Å². The molecule has 0 unspecified atom stereocenters. The molecule has 0 saturated carbocycles. The Labute approximate surface area is 406 Å². The molecule has 12 rings (SSSR count). The summed E-state index contributed by atoms with van der Waals surface area (Å²) in [7, 11) is 1.58. The molecule has 4 aromatic heterocycles. The van der Waals surface area contributed by atoms with Crippen LogP contribution in [0.4, 0.5) is 0 Å². The number of carbonyl (C=O) groups is 4. The maximum absolute atomic E-state index is 14.1. The van der Waals surface area contributed by atoms with Crippen LogP contribution in [0.15, 0.2) is 206 Å². The number of amides is 1. The summed E-state index contributed by atoms with van der Waals surface area (Å²) in [6, 6.07) is 57.5. The van der Waals surface area contributed by atoms with Crippen LogP contribution in [0.2, 0.25) is 0 Å². The highest BCUT2D eigenvalue weighted by Gasteiger charge is 2.37. The number of likely N-dealkylation sites (N-methyl/N-ethyl adjacent to an activating group) is 1. The van der Waals surface area contributed by atoms with Gasteiger partial charge in [-0.05, 0) is 58.7 Å². The number of hydrogen-bond acceptors (Lipinski definition) is 8. The monoisotopic (exact) mass is 927 g/mol. The molecular formula is C59H41N7O5. The molecule has 6 aromatic carbocycles. The lowest BCUT2D eigenvalue weighted by Crippen LogP contribution is -2.31. The van der Waals surface area contributed by atoms with E-state index in [4.69, 9.17) is 10.2 Å². The number of allylic oxidation sites excluding steroid dienone is 2. The van der Waals surface area contributed by atoms with Gasteiger partial charge in [-0.1, -0.05) is 146 Å². The number of rotatable bonds is 8. The third-order valence-electron chi connectivity index (χ3n) is 12.8. The van der Waals surface area contributed by atoms with Gasteiger partial charge in [0.2, 0.25) is 5.91 Å². The number of fused-ring (bicyclic) bond motifs is 4. The summed E-state index contributed by atoms with van der Waals surface area (Å²) < 4.78 is 2.85. The first-order chi connectivity index (χ1) is 34.8. The Morgan fingerprint density at radius 3 is 1.28 bits per heavy atom. The van der Waals surface area contributed by atoms with Crippen molar-refractivity contribution in [1.82, 2.24) is 34.8 Å². The zero-order chi connectivity index (χ0) is 48.6. The van der Waals surface area contributed by atoms with Gasteiger partial charge in [-0.2, -0.15) is 19.6 Å². The molecule has 0 aliphatic carbocycles. The SMILES string of the molecule is CNC(=O)C1=C(c2ccc3ncccc3c2)C(=O)n2nc(-c3ccccc3)c(-c3ccccc3)c2C1.O=C(O)C1=C(c2ccc3ncccc3c2)C(=O)n2nc(-c3ccccc3)c(-c3ccccc3)c2C1. The number of hydrogen-bond donors (Lipinski definition) is 2.